The number of aryl methyl sites for hydroxylation is 1. The van der Waals surface area contributed by atoms with E-state index in [1.807, 2.05) is 0 Å². The third kappa shape index (κ3) is 2.85. The number of thiazole rings is 1. The second kappa shape index (κ2) is 5.49. The predicted molar refractivity (Wildman–Crippen MR) is 78.9 cm³/mol. The van der Waals surface area contributed by atoms with Crippen LogP contribution in [0.3, 0.4) is 0 Å². The van der Waals surface area contributed by atoms with Crippen LogP contribution >= 0.6 is 11.3 Å². The van der Waals surface area contributed by atoms with Crippen molar-refractivity contribution in [2.45, 2.75) is 6.92 Å². The average molecular weight is 302 g/mol. The smallest absolute Gasteiger partial charge is 0.275 e. The lowest BCUT2D eigenvalue weighted by molar-refractivity contribution is 0.102. The molecular formula is C15H11FN2O2S. The molecule has 0 radical (unpaired) electrons. The summed E-state index contributed by atoms with van der Waals surface area (Å²) < 4.78 is 18.4. The number of carbonyl (C=O) groups excluding carboxylic acids is 1. The van der Waals surface area contributed by atoms with E-state index in [2.05, 4.69) is 10.3 Å². The molecule has 1 aromatic carbocycles. The summed E-state index contributed by atoms with van der Waals surface area (Å²) in [5.41, 5.74) is 1.49. The van der Waals surface area contributed by atoms with Crippen molar-refractivity contribution in [3.8, 4) is 10.8 Å². The van der Waals surface area contributed by atoms with E-state index in [0.29, 0.717) is 16.5 Å². The van der Waals surface area contributed by atoms with Gasteiger partial charge < -0.3 is 9.73 Å². The maximum Gasteiger partial charge on any atom is 0.275 e. The van der Waals surface area contributed by atoms with Crippen LogP contribution in [-0.2, 0) is 0 Å². The molecule has 21 heavy (non-hydrogen) atoms. The van der Waals surface area contributed by atoms with Gasteiger partial charge in [-0.15, -0.1) is 11.3 Å². The molecule has 6 heteroatoms. The number of anilines is 1. The first-order valence-electron chi connectivity index (χ1n) is 6.20. The lowest BCUT2D eigenvalue weighted by atomic mass is 10.2. The third-order valence-corrected chi connectivity index (χ3v) is 3.77. The standard InChI is InChI=1S/C15H11FN2O2S/c1-9-4-5-10(16)7-11(9)17-14(19)12-8-21-15(18-12)13-3-2-6-20-13/h2-8H,1H3,(H,17,19). The Morgan fingerprint density at radius 3 is 3.00 bits per heavy atom. The summed E-state index contributed by atoms with van der Waals surface area (Å²) >= 11 is 1.31. The molecule has 0 aliphatic heterocycles. The summed E-state index contributed by atoms with van der Waals surface area (Å²) in [6, 6.07) is 7.78. The molecule has 3 rings (SSSR count). The van der Waals surface area contributed by atoms with Crippen molar-refractivity contribution in [2.75, 3.05) is 5.32 Å². The summed E-state index contributed by atoms with van der Waals surface area (Å²) in [5.74, 6) is -0.163. The molecule has 0 unspecified atom stereocenters. The van der Waals surface area contributed by atoms with E-state index in [1.165, 1.54) is 23.5 Å². The van der Waals surface area contributed by atoms with Crippen molar-refractivity contribution < 1.29 is 13.6 Å². The lowest BCUT2D eigenvalue weighted by Crippen LogP contribution is -2.13. The third-order valence-electron chi connectivity index (χ3n) is 2.92. The Hall–Kier alpha value is -2.47. The highest BCUT2D eigenvalue weighted by molar-refractivity contribution is 7.13. The molecule has 1 N–H and O–H groups in total. The van der Waals surface area contributed by atoms with Crippen molar-refractivity contribution in [3.05, 3.63) is 59.0 Å². The van der Waals surface area contributed by atoms with E-state index in [1.54, 1.807) is 36.8 Å². The number of benzene rings is 1. The molecule has 0 atom stereocenters. The first-order valence-corrected chi connectivity index (χ1v) is 7.08. The minimum atomic E-state index is -0.398. The molecule has 1 amide bonds. The predicted octanol–water partition coefficient (Wildman–Crippen LogP) is 4.10. The minimum Gasteiger partial charge on any atom is -0.462 e. The molecule has 0 fully saturated rings. The number of nitrogens with zero attached hydrogens (tertiary/aromatic N) is 1. The lowest BCUT2D eigenvalue weighted by Gasteiger charge is -2.06. The maximum absolute atomic E-state index is 13.2. The first kappa shape index (κ1) is 13.5. The fourth-order valence-corrected chi connectivity index (χ4v) is 2.57. The molecule has 2 aromatic heterocycles. The minimum absolute atomic E-state index is 0.273. The number of rotatable bonds is 3. The summed E-state index contributed by atoms with van der Waals surface area (Å²) in [5, 5.41) is 4.93. The largest absolute Gasteiger partial charge is 0.462 e. The quantitative estimate of drug-likeness (QED) is 0.792. The van der Waals surface area contributed by atoms with Gasteiger partial charge in [-0.2, -0.15) is 0 Å². The van der Waals surface area contributed by atoms with Gasteiger partial charge in [0.2, 0.25) is 0 Å². The first-order chi connectivity index (χ1) is 10.1. The van der Waals surface area contributed by atoms with E-state index in [9.17, 15) is 9.18 Å². The van der Waals surface area contributed by atoms with Crippen molar-refractivity contribution in [1.29, 1.82) is 0 Å². The van der Waals surface area contributed by atoms with Crippen LogP contribution in [0.15, 0.2) is 46.4 Å². The van der Waals surface area contributed by atoms with Crippen LogP contribution < -0.4 is 5.32 Å². The molecule has 2 heterocycles. The van der Waals surface area contributed by atoms with E-state index < -0.39 is 5.82 Å². The number of aromatic nitrogens is 1. The van der Waals surface area contributed by atoms with Crippen LogP contribution in [0.25, 0.3) is 10.8 Å². The van der Waals surface area contributed by atoms with Gasteiger partial charge in [-0.3, -0.25) is 4.79 Å². The number of furan rings is 1. The maximum atomic E-state index is 13.2. The number of halogens is 1. The number of nitrogens with one attached hydrogen (secondary N) is 1. The second-order valence-corrected chi connectivity index (χ2v) is 5.29. The van der Waals surface area contributed by atoms with Gasteiger partial charge in [-0.1, -0.05) is 6.07 Å². The van der Waals surface area contributed by atoms with E-state index in [-0.39, 0.29) is 11.6 Å². The monoisotopic (exact) mass is 302 g/mol. The van der Waals surface area contributed by atoms with Gasteiger partial charge in [0.15, 0.2) is 10.8 Å². The highest BCUT2D eigenvalue weighted by Crippen LogP contribution is 2.24. The molecule has 0 bridgehead atoms. The molecular weight excluding hydrogens is 291 g/mol. The molecule has 0 saturated carbocycles. The summed E-state index contributed by atoms with van der Waals surface area (Å²) in [4.78, 5) is 16.4. The van der Waals surface area contributed by atoms with Crippen molar-refractivity contribution in [1.82, 2.24) is 4.98 Å². The van der Waals surface area contributed by atoms with Gasteiger partial charge in [-0.25, -0.2) is 9.37 Å². The second-order valence-electron chi connectivity index (χ2n) is 4.43. The zero-order chi connectivity index (χ0) is 14.8. The van der Waals surface area contributed by atoms with Crippen LogP contribution in [0.2, 0.25) is 0 Å². The number of carbonyl (C=O) groups is 1. The Bertz CT molecular complexity index is 781. The average Bonchev–Trinajstić information content (AvgIpc) is 3.12. The van der Waals surface area contributed by atoms with Crippen LogP contribution in [0.4, 0.5) is 10.1 Å². The highest BCUT2D eigenvalue weighted by Gasteiger charge is 2.14. The number of hydrogen-bond donors (Lipinski definition) is 1. The molecule has 0 aliphatic carbocycles. The number of amides is 1. The Labute approximate surface area is 124 Å². The summed E-state index contributed by atoms with van der Waals surface area (Å²) in [6.45, 7) is 1.80. The highest BCUT2D eigenvalue weighted by atomic mass is 32.1. The van der Waals surface area contributed by atoms with Crippen molar-refractivity contribution in [2.24, 2.45) is 0 Å². The van der Waals surface area contributed by atoms with Crippen LogP contribution in [0.5, 0.6) is 0 Å². The van der Waals surface area contributed by atoms with Crippen molar-refractivity contribution >= 4 is 22.9 Å². The molecule has 0 aliphatic rings. The SMILES string of the molecule is Cc1ccc(F)cc1NC(=O)c1csc(-c2ccco2)n1. The molecule has 106 valence electrons. The Kier molecular flexibility index (Phi) is 3.53. The van der Waals surface area contributed by atoms with Crippen molar-refractivity contribution in [3.63, 3.8) is 0 Å². The van der Waals surface area contributed by atoms with Crippen LogP contribution in [0, 0.1) is 12.7 Å². The van der Waals surface area contributed by atoms with Gasteiger partial charge in [0.05, 0.1) is 6.26 Å². The van der Waals surface area contributed by atoms with E-state index in [0.717, 1.165) is 5.56 Å². The molecule has 0 saturated heterocycles. The van der Waals surface area contributed by atoms with Gasteiger partial charge in [0.1, 0.15) is 11.5 Å². The zero-order valence-electron chi connectivity index (χ0n) is 11.1. The van der Waals surface area contributed by atoms with Crippen LogP contribution in [0.1, 0.15) is 16.1 Å². The van der Waals surface area contributed by atoms with Gasteiger partial charge in [-0.05, 0) is 36.8 Å². The number of hydrogen-bond acceptors (Lipinski definition) is 4. The zero-order valence-corrected chi connectivity index (χ0v) is 11.9. The fraction of sp³-hybridized carbons (Fsp3) is 0.0667. The van der Waals surface area contributed by atoms with Gasteiger partial charge >= 0.3 is 0 Å². The molecule has 3 aromatic rings. The van der Waals surface area contributed by atoms with Crippen LogP contribution in [-0.4, -0.2) is 10.9 Å². The molecule has 0 spiro atoms. The normalized spacial score (nSPS) is 10.6. The Morgan fingerprint density at radius 1 is 1.38 bits per heavy atom. The fourth-order valence-electron chi connectivity index (χ4n) is 1.81. The Morgan fingerprint density at radius 2 is 2.24 bits per heavy atom. The van der Waals surface area contributed by atoms with Gasteiger partial charge in [0.25, 0.3) is 5.91 Å². The van der Waals surface area contributed by atoms with E-state index in [4.69, 9.17) is 4.42 Å². The van der Waals surface area contributed by atoms with Gasteiger partial charge in [0, 0.05) is 11.1 Å². The molecule has 4 nitrogen and oxygen atoms in total. The van der Waals surface area contributed by atoms with E-state index >= 15 is 0 Å². The summed E-state index contributed by atoms with van der Waals surface area (Å²) in [6.07, 6.45) is 1.55. The Balaban J connectivity index is 1.81. The topological polar surface area (TPSA) is 55.1 Å². The summed E-state index contributed by atoms with van der Waals surface area (Å²) in [7, 11) is 0.